The van der Waals surface area contributed by atoms with Crippen molar-refractivity contribution in [2.45, 2.75) is 51.1 Å². The smallest absolute Gasteiger partial charge is 0.147 e. The minimum Gasteiger partial charge on any atom is -0.492 e. The van der Waals surface area contributed by atoms with E-state index in [1.54, 1.807) is 0 Å². The van der Waals surface area contributed by atoms with Crippen LogP contribution in [-0.4, -0.2) is 23.9 Å². The Morgan fingerprint density at radius 3 is 2.33 bits per heavy atom. The molecule has 118 valence electrons. The molecular formula is C16H23Br2NO2. The van der Waals surface area contributed by atoms with Crippen LogP contribution in [0.1, 0.15) is 44.6 Å². The van der Waals surface area contributed by atoms with Gasteiger partial charge in [0.05, 0.1) is 22.2 Å². The number of rotatable bonds is 6. The number of ether oxygens (including phenoxy) is 1. The Labute approximate surface area is 143 Å². The van der Waals surface area contributed by atoms with Crippen molar-refractivity contribution in [3.8, 4) is 5.75 Å². The number of nitrogens with one attached hydrogen (secondary N) is 1. The first-order valence-corrected chi connectivity index (χ1v) is 9.15. The molecule has 1 fully saturated rings. The molecule has 2 rings (SSSR count). The van der Waals surface area contributed by atoms with E-state index in [0.717, 1.165) is 34.1 Å². The van der Waals surface area contributed by atoms with Crippen molar-refractivity contribution in [1.29, 1.82) is 0 Å². The highest BCUT2D eigenvalue weighted by Gasteiger charge is 2.30. The van der Waals surface area contributed by atoms with Crippen molar-refractivity contribution >= 4 is 31.9 Å². The van der Waals surface area contributed by atoms with Crippen LogP contribution in [0, 0.1) is 0 Å². The molecule has 1 aliphatic rings. The molecule has 0 unspecified atom stereocenters. The van der Waals surface area contributed by atoms with Crippen LogP contribution in [0.5, 0.6) is 5.75 Å². The summed E-state index contributed by atoms with van der Waals surface area (Å²) in [6.45, 7) is 3.58. The monoisotopic (exact) mass is 419 g/mol. The summed E-state index contributed by atoms with van der Waals surface area (Å²) in [5, 5.41) is 13.3. The summed E-state index contributed by atoms with van der Waals surface area (Å²) in [6, 6.07) is 4.16. The summed E-state index contributed by atoms with van der Waals surface area (Å²) in [7, 11) is 0. The van der Waals surface area contributed by atoms with Crippen molar-refractivity contribution in [3.05, 3.63) is 26.6 Å². The van der Waals surface area contributed by atoms with Crippen molar-refractivity contribution in [2.75, 3.05) is 13.2 Å². The third-order valence-corrected chi connectivity index (χ3v) is 5.31. The topological polar surface area (TPSA) is 41.5 Å². The summed E-state index contributed by atoms with van der Waals surface area (Å²) < 4.78 is 7.52. The van der Waals surface area contributed by atoms with Gasteiger partial charge in [-0.15, -0.1) is 0 Å². The van der Waals surface area contributed by atoms with Gasteiger partial charge in [0.25, 0.3) is 0 Å². The number of aliphatic hydroxyl groups is 1. The average Bonchev–Trinajstić information content (AvgIpc) is 2.50. The van der Waals surface area contributed by atoms with Gasteiger partial charge in [-0.2, -0.15) is 0 Å². The number of halogens is 2. The lowest BCUT2D eigenvalue weighted by Crippen LogP contribution is -2.49. The summed E-state index contributed by atoms with van der Waals surface area (Å²) in [5.41, 5.74) is 1.08. The summed E-state index contributed by atoms with van der Waals surface area (Å²) in [4.78, 5) is 0. The minimum absolute atomic E-state index is 0.101. The van der Waals surface area contributed by atoms with Crippen LogP contribution in [0.2, 0.25) is 0 Å². The van der Waals surface area contributed by atoms with Crippen LogP contribution in [-0.2, 0) is 6.54 Å². The first kappa shape index (κ1) is 17.3. The maximum absolute atomic E-state index is 9.74. The Bertz CT molecular complexity index is 450. The molecule has 2 N–H and O–H groups in total. The van der Waals surface area contributed by atoms with Gasteiger partial charge in [0.15, 0.2) is 0 Å². The average molecular weight is 421 g/mol. The molecular weight excluding hydrogens is 398 g/mol. The zero-order valence-corrected chi connectivity index (χ0v) is 15.6. The van der Waals surface area contributed by atoms with E-state index >= 15 is 0 Å². The Hall–Kier alpha value is -0.100. The first-order valence-electron chi connectivity index (χ1n) is 7.57. The molecule has 3 nitrogen and oxygen atoms in total. The summed E-state index contributed by atoms with van der Waals surface area (Å²) in [6.07, 6.45) is 5.80. The lowest BCUT2D eigenvalue weighted by molar-refractivity contribution is 0.119. The van der Waals surface area contributed by atoms with E-state index < -0.39 is 0 Å². The second-order valence-electron chi connectivity index (χ2n) is 5.67. The van der Waals surface area contributed by atoms with E-state index in [-0.39, 0.29) is 12.1 Å². The second kappa shape index (κ2) is 7.95. The van der Waals surface area contributed by atoms with Gasteiger partial charge in [-0.1, -0.05) is 19.3 Å². The maximum Gasteiger partial charge on any atom is 0.147 e. The van der Waals surface area contributed by atoms with E-state index in [0.29, 0.717) is 6.61 Å². The molecule has 1 aromatic rings. The number of aliphatic hydroxyl groups excluding tert-OH is 1. The fraction of sp³-hybridized carbons (Fsp3) is 0.625. The van der Waals surface area contributed by atoms with E-state index in [4.69, 9.17) is 4.74 Å². The van der Waals surface area contributed by atoms with Crippen LogP contribution >= 0.6 is 31.9 Å². The van der Waals surface area contributed by atoms with Crippen LogP contribution in [0.4, 0.5) is 0 Å². The van der Waals surface area contributed by atoms with Gasteiger partial charge < -0.3 is 15.2 Å². The Kier molecular flexibility index (Phi) is 6.53. The van der Waals surface area contributed by atoms with Crippen molar-refractivity contribution in [2.24, 2.45) is 0 Å². The second-order valence-corrected chi connectivity index (χ2v) is 7.38. The molecule has 1 aliphatic carbocycles. The molecule has 0 spiro atoms. The quantitative estimate of drug-likeness (QED) is 0.716. The maximum atomic E-state index is 9.74. The molecule has 0 atom stereocenters. The minimum atomic E-state index is -0.101. The molecule has 21 heavy (non-hydrogen) atoms. The number of benzene rings is 1. The molecule has 0 bridgehead atoms. The fourth-order valence-electron chi connectivity index (χ4n) is 2.91. The normalized spacial score (nSPS) is 17.7. The zero-order chi connectivity index (χ0) is 15.3. The first-order chi connectivity index (χ1) is 10.1. The van der Waals surface area contributed by atoms with Gasteiger partial charge in [-0.05, 0) is 69.3 Å². The van der Waals surface area contributed by atoms with E-state index in [1.807, 2.05) is 6.92 Å². The van der Waals surface area contributed by atoms with Crippen molar-refractivity contribution in [1.82, 2.24) is 5.32 Å². The van der Waals surface area contributed by atoms with Crippen LogP contribution in [0.15, 0.2) is 21.1 Å². The van der Waals surface area contributed by atoms with Gasteiger partial charge in [-0.3, -0.25) is 0 Å². The number of hydrogen-bond donors (Lipinski definition) is 2. The standard InChI is InChI=1S/C16H23Br2NO2/c1-2-21-15-13(17)8-12(9-14(15)18)10-19-16(11-20)6-4-3-5-7-16/h8-9,19-20H,2-7,10-11H2,1H3. The molecule has 0 saturated heterocycles. The largest absolute Gasteiger partial charge is 0.492 e. The van der Waals surface area contributed by atoms with Crippen LogP contribution < -0.4 is 10.1 Å². The summed E-state index contributed by atoms with van der Waals surface area (Å²) in [5.74, 6) is 0.843. The predicted octanol–water partition coefficient (Wildman–Crippen LogP) is 4.40. The highest BCUT2D eigenvalue weighted by atomic mass is 79.9. The lowest BCUT2D eigenvalue weighted by Gasteiger charge is -2.36. The molecule has 0 heterocycles. The van der Waals surface area contributed by atoms with E-state index in [9.17, 15) is 5.11 Å². The molecule has 0 aromatic heterocycles. The third-order valence-electron chi connectivity index (χ3n) is 4.13. The van der Waals surface area contributed by atoms with Gasteiger partial charge in [0, 0.05) is 12.1 Å². The Morgan fingerprint density at radius 1 is 1.19 bits per heavy atom. The summed E-state index contributed by atoms with van der Waals surface area (Å²) >= 11 is 7.13. The SMILES string of the molecule is CCOc1c(Br)cc(CNC2(CO)CCCCC2)cc1Br. The Morgan fingerprint density at radius 2 is 1.81 bits per heavy atom. The molecule has 0 amide bonds. The van der Waals surface area contributed by atoms with Crippen molar-refractivity contribution in [3.63, 3.8) is 0 Å². The van der Waals surface area contributed by atoms with Crippen LogP contribution in [0.25, 0.3) is 0 Å². The van der Waals surface area contributed by atoms with Gasteiger partial charge in [-0.25, -0.2) is 0 Å². The molecule has 5 heteroatoms. The molecule has 1 aromatic carbocycles. The fourth-order valence-corrected chi connectivity index (χ4v) is 4.42. The number of hydrogen-bond acceptors (Lipinski definition) is 3. The lowest BCUT2D eigenvalue weighted by atomic mass is 9.82. The Balaban J connectivity index is 2.06. The highest BCUT2D eigenvalue weighted by Crippen LogP contribution is 2.35. The van der Waals surface area contributed by atoms with Crippen molar-refractivity contribution < 1.29 is 9.84 Å². The van der Waals surface area contributed by atoms with Crippen LogP contribution in [0.3, 0.4) is 0 Å². The highest BCUT2D eigenvalue weighted by molar-refractivity contribution is 9.11. The van der Waals surface area contributed by atoms with Gasteiger partial charge >= 0.3 is 0 Å². The molecule has 0 radical (unpaired) electrons. The van der Waals surface area contributed by atoms with E-state index in [2.05, 4.69) is 49.3 Å². The molecule has 1 saturated carbocycles. The third kappa shape index (κ3) is 4.44. The molecule has 0 aliphatic heterocycles. The van der Waals surface area contributed by atoms with E-state index in [1.165, 1.54) is 24.8 Å². The zero-order valence-electron chi connectivity index (χ0n) is 12.4. The van der Waals surface area contributed by atoms with Gasteiger partial charge in [0.2, 0.25) is 0 Å². The van der Waals surface area contributed by atoms with Gasteiger partial charge in [0.1, 0.15) is 5.75 Å². The predicted molar refractivity (Wildman–Crippen MR) is 92.8 cm³/mol.